The zero-order valence-electron chi connectivity index (χ0n) is 9.84. The summed E-state index contributed by atoms with van der Waals surface area (Å²) < 4.78 is 1.76. The van der Waals surface area contributed by atoms with Gasteiger partial charge in [0.05, 0.1) is 6.04 Å². The van der Waals surface area contributed by atoms with Gasteiger partial charge in [0.1, 0.15) is 4.34 Å². The van der Waals surface area contributed by atoms with Gasteiger partial charge in [-0.3, -0.25) is 4.90 Å². The molecule has 1 rings (SSSR count). The van der Waals surface area contributed by atoms with Gasteiger partial charge in [-0.05, 0) is 42.4 Å². The summed E-state index contributed by atoms with van der Waals surface area (Å²) in [5, 5.41) is 0. The number of thiophene rings is 1. The number of hydrogen-bond donors (Lipinski definition) is 1. The molecule has 16 heavy (non-hydrogen) atoms. The van der Waals surface area contributed by atoms with E-state index in [0.29, 0.717) is 12.6 Å². The minimum atomic E-state index is 0.263. The Labute approximate surface area is 115 Å². The quantitative estimate of drug-likeness (QED) is 0.890. The maximum atomic E-state index is 6.07. The van der Waals surface area contributed by atoms with E-state index in [9.17, 15) is 0 Å². The number of likely N-dealkylation sites (N-methyl/N-ethyl adjacent to an activating group) is 1. The minimum absolute atomic E-state index is 0.263. The molecule has 92 valence electrons. The van der Waals surface area contributed by atoms with E-state index in [1.165, 1.54) is 4.88 Å². The van der Waals surface area contributed by atoms with Crippen LogP contribution in [-0.4, -0.2) is 24.0 Å². The van der Waals surface area contributed by atoms with Gasteiger partial charge in [0.2, 0.25) is 0 Å². The normalized spacial score (nSPS) is 13.8. The number of hydrogen-bond acceptors (Lipinski definition) is 3. The molecule has 1 aromatic rings. The van der Waals surface area contributed by atoms with Crippen molar-refractivity contribution in [1.29, 1.82) is 0 Å². The summed E-state index contributed by atoms with van der Waals surface area (Å²) in [5.74, 6) is 0. The van der Waals surface area contributed by atoms with Gasteiger partial charge in [-0.25, -0.2) is 0 Å². The fraction of sp³-hybridized carbons (Fsp3) is 0.636. The van der Waals surface area contributed by atoms with E-state index < -0.39 is 0 Å². The molecule has 1 aromatic heterocycles. The third kappa shape index (κ3) is 3.20. The highest BCUT2D eigenvalue weighted by Gasteiger charge is 2.22. The van der Waals surface area contributed by atoms with E-state index in [2.05, 4.69) is 47.7 Å². The molecule has 2 nitrogen and oxygen atoms in total. The molecular weight excluding hydrogens is 308 g/mol. The van der Waals surface area contributed by atoms with Gasteiger partial charge in [0.25, 0.3) is 0 Å². The Morgan fingerprint density at radius 2 is 2.19 bits per heavy atom. The molecular formula is C11H18BrClN2S. The van der Waals surface area contributed by atoms with Crippen LogP contribution in [0.25, 0.3) is 0 Å². The van der Waals surface area contributed by atoms with Crippen molar-refractivity contribution in [2.45, 2.75) is 32.9 Å². The van der Waals surface area contributed by atoms with Crippen molar-refractivity contribution in [3.05, 3.63) is 19.8 Å². The largest absolute Gasteiger partial charge is 0.329 e. The van der Waals surface area contributed by atoms with Crippen molar-refractivity contribution in [2.75, 3.05) is 13.1 Å². The highest BCUT2D eigenvalue weighted by atomic mass is 79.9. The molecule has 0 aliphatic carbocycles. The van der Waals surface area contributed by atoms with Gasteiger partial charge in [0, 0.05) is 21.9 Å². The van der Waals surface area contributed by atoms with Gasteiger partial charge in [-0.2, -0.15) is 0 Å². The van der Waals surface area contributed by atoms with Crippen LogP contribution >= 0.6 is 38.9 Å². The summed E-state index contributed by atoms with van der Waals surface area (Å²) in [4.78, 5) is 3.61. The Morgan fingerprint density at radius 3 is 2.50 bits per heavy atom. The molecule has 2 N–H and O–H groups in total. The molecule has 0 bridgehead atoms. The van der Waals surface area contributed by atoms with Crippen LogP contribution in [0.4, 0.5) is 0 Å². The van der Waals surface area contributed by atoms with Crippen molar-refractivity contribution < 1.29 is 0 Å². The van der Waals surface area contributed by atoms with Crippen LogP contribution in [0, 0.1) is 0 Å². The van der Waals surface area contributed by atoms with E-state index in [1.54, 1.807) is 11.3 Å². The maximum absolute atomic E-state index is 6.07. The third-order valence-corrected chi connectivity index (χ3v) is 5.22. The van der Waals surface area contributed by atoms with Crippen LogP contribution < -0.4 is 5.73 Å². The van der Waals surface area contributed by atoms with Crippen molar-refractivity contribution in [2.24, 2.45) is 5.73 Å². The molecule has 1 heterocycles. The predicted molar refractivity (Wildman–Crippen MR) is 76.3 cm³/mol. The molecule has 1 atom stereocenters. The lowest BCUT2D eigenvalue weighted by Crippen LogP contribution is -2.38. The third-order valence-electron chi connectivity index (χ3n) is 2.64. The molecule has 0 radical (unpaired) electrons. The molecule has 5 heteroatoms. The Morgan fingerprint density at radius 1 is 1.56 bits per heavy atom. The lowest BCUT2D eigenvalue weighted by molar-refractivity contribution is 0.169. The maximum Gasteiger partial charge on any atom is 0.107 e. The average molecular weight is 326 g/mol. The number of rotatable bonds is 5. The summed E-state index contributed by atoms with van der Waals surface area (Å²) in [6.07, 6.45) is 0. The number of halogens is 2. The van der Waals surface area contributed by atoms with Crippen molar-refractivity contribution in [1.82, 2.24) is 4.90 Å². The number of nitrogens with zero attached hydrogens (tertiary/aromatic N) is 1. The first-order valence-electron chi connectivity index (χ1n) is 5.41. The van der Waals surface area contributed by atoms with Gasteiger partial charge >= 0.3 is 0 Å². The average Bonchev–Trinajstić information content (AvgIpc) is 2.54. The molecule has 0 aliphatic heterocycles. The molecule has 0 aromatic carbocycles. The Balaban J connectivity index is 2.96. The van der Waals surface area contributed by atoms with Crippen LogP contribution in [0.3, 0.4) is 0 Å². The molecule has 0 aliphatic rings. The molecule has 1 unspecified atom stereocenters. The highest BCUT2D eigenvalue weighted by molar-refractivity contribution is 9.10. The second-order valence-electron chi connectivity index (χ2n) is 3.95. The van der Waals surface area contributed by atoms with Crippen molar-refractivity contribution in [3.63, 3.8) is 0 Å². The Kier molecular flexibility index (Phi) is 5.74. The summed E-state index contributed by atoms with van der Waals surface area (Å²) in [6.45, 7) is 8.15. The number of nitrogens with two attached hydrogens (primary N) is 1. The lowest BCUT2D eigenvalue weighted by atomic mass is 10.1. The fourth-order valence-corrected chi connectivity index (χ4v) is 3.76. The van der Waals surface area contributed by atoms with Crippen molar-refractivity contribution >= 4 is 38.9 Å². The van der Waals surface area contributed by atoms with Gasteiger partial charge in [-0.15, -0.1) is 11.3 Å². The Hall–Kier alpha value is 0.390. The summed E-state index contributed by atoms with van der Waals surface area (Å²) in [5.41, 5.74) is 5.89. The molecule has 0 saturated carbocycles. The standard InChI is InChI=1S/C11H18BrClN2S/c1-4-15(7(2)3)9(6-14)10-5-8(12)11(13)16-10/h5,7,9H,4,6,14H2,1-3H3. The van der Waals surface area contributed by atoms with Crippen LogP contribution in [0.15, 0.2) is 10.5 Å². The zero-order valence-corrected chi connectivity index (χ0v) is 13.0. The zero-order chi connectivity index (χ0) is 12.3. The van der Waals surface area contributed by atoms with Crippen LogP contribution in [0.2, 0.25) is 4.34 Å². The second-order valence-corrected chi connectivity index (χ2v) is 6.49. The first-order chi connectivity index (χ1) is 7.51. The van der Waals surface area contributed by atoms with Crippen LogP contribution in [0.1, 0.15) is 31.7 Å². The summed E-state index contributed by atoms with van der Waals surface area (Å²) in [6, 6.07) is 2.83. The van der Waals surface area contributed by atoms with Gasteiger partial charge < -0.3 is 5.73 Å². The lowest BCUT2D eigenvalue weighted by Gasteiger charge is -2.32. The van der Waals surface area contributed by atoms with E-state index >= 15 is 0 Å². The predicted octanol–water partition coefficient (Wildman–Crippen LogP) is 3.89. The minimum Gasteiger partial charge on any atom is -0.329 e. The summed E-state index contributed by atoms with van der Waals surface area (Å²) in [7, 11) is 0. The highest BCUT2D eigenvalue weighted by Crippen LogP contribution is 2.37. The molecule has 0 saturated heterocycles. The second kappa shape index (κ2) is 6.36. The topological polar surface area (TPSA) is 29.3 Å². The molecule has 0 spiro atoms. The smallest absolute Gasteiger partial charge is 0.107 e. The fourth-order valence-electron chi connectivity index (χ4n) is 1.89. The van der Waals surface area contributed by atoms with E-state index in [0.717, 1.165) is 15.4 Å². The van der Waals surface area contributed by atoms with Crippen molar-refractivity contribution in [3.8, 4) is 0 Å². The van der Waals surface area contributed by atoms with E-state index in [1.807, 2.05) is 0 Å². The SMILES string of the molecule is CCN(C(C)C)C(CN)c1cc(Br)c(Cl)s1. The molecule has 0 amide bonds. The molecule has 0 fully saturated rings. The van der Waals surface area contributed by atoms with Crippen LogP contribution in [-0.2, 0) is 0 Å². The first-order valence-corrected chi connectivity index (χ1v) is 7.40. The first kappa shape index (κ1) is 14.5. The van der Waals surface area contributed by atoms with Gasteiger partial charge in [-0.1, -0.05) is 18.5 Å². The monoisotopic (exact) mass is 324 g/mol. The Bertz CT molecular complexity index is 321. The summed E-state index contributed by atoms with van der Waals surface area (Å²) >= 11 is 11.1. The van der Waals surface area contributed by atoms with Crippen LogP contribution in [0.5, 0.6) is 0 Å². The van der Waals surface area contributed by atoms with E-state index in [4.69, 9.17) is 17.3 Å². The van der Waals surface area contributed by atoms with Gasteiger partial charge in [0.15, 0.2) is 0 Å². The van der Waals surface area contributed by atoms with E-state index in [-0.39, 0.29) is 6.04 Å².